The fraction of sp³-hybridized carbons (Fsp3) is 0.308. The first-order chi connectivity index (χ1) is 15.8. The first-order valence-electron chi connectivity index (χ1n) is 10.8. The second-order valence-corrected chi connectivity index (χ2v) is 9.49. The summed E-state index contributed by atoms with van der Waals surface area (Å²) in [6, 6.07) is 20.5. The summed E-state index contributed by atoms with van der Waals surface area (Å²) < 4.78 is 6.65. The fourth-order valence-electron chi connectivity index (χ4n) is 5.69. The highest BCUT2D eigenvalue weighted by molar-refractivity contribution is 6.30. The molecule has 168 valence electrons. The molecule has 7 heteroatoms. The minimum atomic E-state index is -1.83. The summed E-state index contributed by atoms with van der Waals surface area (Å²) in [5.41, 5.74) is -0.846. The Kier molecular flexibility index (Phi) is 5.19. The van der Waals surface area contributed by atoms with Crippen LogP contribution in [0.4, 0.5) is 0 Å². The van der Waals surface area contributed by atoms with E-state index in [0.29, 0.717) is 28.4 Å². The van der Waals surface area contributed by atoms with E-state index < -0.39 is 23.2 Å². The molecule has 6 nitrogen and oxygen atoms in total. The molecule has 1 aromatic heterocycles. The Morgan fingerprint density at radius 1 is 1.15 bits per heavy atom. The fourth-order valence-corrected chi connectivity index (χ4v) is 5.83. The maximum Gasteiger partial charge on any atom is 0.181 e. The van der Waals surface area contributed by atoms with Gasteiger partial charge in [0.1, 0.15) is 11.4 Å². The molecule has 2 N–H and O–H groups in total. The topological polar surface area (TPSA) is 89.6 Å². The molecule has 2 aromatic carbocycles. The van der Waals surface area contributed by atoms with Gasteiger partial charge in [-0.15, -0.1) is 0 Å². The molecule has 0 bridgehead atoms. The first-order valence-corrected chi connectivity index (χ1v) is 11.2. The molecule has 3 aromatic rings. The number of fused-ring (bicyclic) bond motifs is 3. The zero-order valence-corrected chi connectivity index (χ0v) is 19.1. The molecule has 0 amide bonds. The van der Waals surface area contributed by atoms with Crippen LogP contribution in [-0.2, 0) is 11.2 Å². The predicted octanol–water partition coefficient (Wildman–Crippen LogP) is 3.42. The number of nitriles is 1. The van der Waals surface area contributed by atoms with Crippen LogP contribution < -0.4 is 4.74 Å². The summed E-state index contributed by atoms with van der Waals surface area (Å²) in [7, 11) is 3.88. The summed E-state index contributed by atoms with van der Waals surface area (Å²) in [5.74, 6) is -0.437. The Hall–Kier alpha value is -2.95. The van der Waals surface area contributed by atoms with Crippen LogP contribution in [0.2, 0.25) is 5.02 Å². The van der Waals surface area contributed by atoms with Gasteiger partial charge in [-0.3, -0.25) is 4.98 Å². The third-order valence-electron chi connectivity index (χ3n) is 6.89. The number of halogens is 1. The van der Waals surface area contributed by atoms with Crippen molar-refractivity contribution in [3.8, 4) is 11.8 Å². The first kappa shape index (κ1) is 21.9. The summed E-state index contributed by atoms with van der Waals surface area (Å²) in [4.78, 5) is 6.43. The van der Waals surface area contributed by atoms with Gasteiger partial charge in [0.15, 0.2) is 11.2 Å². The van der Waals surface area contributed by atoms with E-state index in [4.69, 9.17) is 16.3 Å². The van der Waals surface area contributed by atoms with Gasteiger partial charge in [0.25, 0.3) is 0 Å². The van der Waals surface area contributed by atoms with Crippen LogP contribution in [0, 0.1) is 17.2 Å². The number of hydrogen-bond donors (Lipinski definition) is 2. The Balaban J connectivity index is 1.83. The van der Waals surface area contributed by atoms with Crippen molar-refractivity contribution in [2.45, 2.75) is 23.2 Å². The van der Waals surface area contributed by atoms with Crippen LogP contribution in [0.15, 0.2) is 66.9 Å². The Bertz CT molecular complexity index is 1230. The van der Waals surface area contributed by atoms with Gasteiger partial charge in [0.2, 0.25) is 0 Å². The van der Waals surface area contributed by atoms with Crippen molar-refractivity contribution in [3.05, 3.63) is 94.3 Å². The van der Waals surface area contributed by atoms with E-state index in [2.05, 4.69) is 11.1 Å². The maximum atomic E-state index is 12.4. The smallest absolute Gasteiger partial charge is 0.181 e. The van der Waals surface area contributed by atoms with Crippen molar-refractivity contribution < 1.29 is 14.9 Å². The lowest BCUT2D eigenvalue weighted by Crippen LogP contribution is -2.52. The highest BCUT2D eigenvalue weighted by Gasteiger charge is 2.76. The number of aliphatic hydroxyl groups excluding tert-OH is 1. The molecule has 1 saturated carbocycles. The van der Waals surface area contributed by atoms with Crippen molar-refractivity contribution in [2.75, 3.05) is 20.6 Å². The van der Waals surface area contributed by atoms with Gasteiger partial charge >= 0.3 is 0 Å². The Morgan fingerprint density at radius 2 is 1.85 bits per heavy atom. The third-order valence-corrected chi connectivity index (χ3v) is 7.10. The molecule has 2 heterocycles. The molecule has 5 rings (SSSR count). The number of benzene rings is 2. The minimum Gasteiger partial charge on any atom is -0.476 e. The molecule has 33 heavy (non-hydrogen) atoms. The molecular formula is C26H24ClN3O3. The van der Waals surface area contributed by atoms with E-state index in [1.165, 1.54) is 6.20 Å². The lowest BCUT2D eigenvalue weighted by atomic mass is 9.71. The quantitative estimate of drug-likeness (QED) is 0.618. The molecule has 1 aliphatic carbocycles. The molecule has 0 spiro atoms. The monoisotopic (exact) mass is 461 g/mol. The number of nitrogens with zero attached hydrogens (tertiary/aromatic N) is 3. The highest BCUT2D eigenvalue weighted by atomic mass is 35.5. The molecule has 0 unspecified atom stereocenters. The summed E-state index contributed by atoms with van der Waals surface area (Å²) in [6.45, 7) is 0.521. The maximum absolute atomic E-state index is 12.4. The molecule has 1 aliphatic heterocycles. The normalized spacial score (nSPS) is 29.9. The average molecular weight is 462 g/mol. The summed E-state index contributed by atoms with van der Waals surface area (Å²) in [5, 5.41) is 33.9. The van der Waals surface area contributed by atoms with Gasteiger partial charge in [-0.25, -0.2) is 0 Å². The number of ether oxygens (including phenoxy) is 1. The number of rotatable bonds is 4. The van der Waals surface area contributed by atoms with Crippen LogP contribution in [-0.4, -0.2) is 46.8 Å². The van der Waals surface area contributed by atoms with Crippen molar-refractivity contribution in [1.82, 2.24) is 9.88 Å². The molecule has 0 saturated heterocycles. The van der Waals surface area contributed by atoms with E-state index in [9.17, 15) is 15.5 Å². The van der Waals surface area contributed by atoms with Gasteiger partial charge in [-0.05, 0) is 37.4 Å². The van der Waals surface area contributed by atoms with Crippen molar-refractivity contribution in [3.63, 3.8) is 0 Å². The molecule has 5 atom stereocenters. The predicted molar refractivity (Wildman–Crippen MR) is 124 cm³/mol. The minimum absolute atomic E-state index is 0.269. The molecule has 2 aliphatic rings. The van der Waals surface area contributed by atoms with Crippen LogP contribution in [0.1, 0.15) is 28.3 Å². The Morgan fingerprint density at radius 3 is 2.48 bits per heavy atom. The van der Waals surface area contributed by atoms with E-state index >= 15 is 0 Å². The number of hydrogen-bond acceptors (Lipinski definition) is 6. The third kappa shape index (κ3) is 3.01. The van der Waals surface area contributed by atoms with Crippen LogP contribution >= 0.6 is 11.6 Å². The second kappa shape index (κ2) is 7.82. The molecular weight excluding hydrogens is 438 g/mol. The second-order valence-electron chi connectivity index (χ2n) is 9.05. The van der Waals surface area contributed by atoms with Gasteiger partial charge in [0.05, 0.1) is 22.8 Å². The summed E-state index contributed by atoms with van der Waals surface area (Å²) in [6.07, 6.45) is 0.288. The zero-order chi connectivity index (χ0) is 23.4. The standard InChI is InChI=1S/C26H24ClN3O3/c1-30(2)15-20-22(17-6-4-3-5-7-17)26(18-10-8-16(13-28)9-11-18)25(32,24(20)31)23-21(33-26)12-19(27)14-29-23/h3-12,14,20,22,24,31-32H,15H2,1-2H3/t20-,22-,24+,25+,26-/m0/s1. The van der Waals surface area contributed by atoms with Gasteiger partial charge < -0.3 is 19.8 Å². The van der Waals surface area contributed by atoms with Crippen LogP contribution in [0.5, 0.6) is 5.75 Å². The number of aliphatic hydroxyl groups is 2. The van der Waals surface area contributed by atoms with E-state index in [1.54, 1.807) is 30.3 Å². The highest BCUT2D eigenvalue weighted by Crippen LogP contribution is 2.68. The Labute approximate surface area is 197 Å². The van der Waals surface area contributed by atoms with Gasteiger partial charge in [-0.1, -0.05) is 54.1 Å². The molecule has 1 fully saturated rings. The van der Waals surface area contributed by atoms with E-state index in [-0.39, 0.29) is 11.6 Å². The largest absolute Gasteiger partial charge is 0.476 e. The lowest BCUT2D eigenvalue weighted by molar-refractivity contribution is -0.153. The van der Waals surface area contributed by atoms with Crippen LogP contribution in [0.3, 0.4) is 0 Å². The van der Waals surface area contributed by atoms with E-state index in [0.717, 1.165) is 5.56 Å². The van der Waals surface area contributed by atoms with Crippen molar-refractivity contribution >= 4 is 11.6 Å². The van der Waals surface area contributed by atoms with E-state index in [1.807, 2.05) is 49.3 Å². The van der Waals surface area contributed by atoms with Gasteiger partial charge in [0, 0.05) is 30.6 Å². The number of pyridine rings is 1. The average Bonchev–Trinajstić information content (AvgIpc) is 3.17. The van der Waals surface area contributed by atoms with Crippen molar-refractivity contribution in [1.29, 1.82) is 5.26 Å². The SMILES string of the molecule is CN(C)C[C@@H]1[C@@H](O)[C@]2(O)c3ncc(Cl)cc3O[C@@]2(c2ccc(C#N)cc2)[C@H]1c1ccccc1. The van der Waals surface area contributed by atoms with Gasteiger partial charge in [-0.2, -0.15) is 5.26 Å². The van der Waals surface area contributed by atoms with Crippen LogP contribution in [0.25, 0.3) is 0 Å². The van der Waals surface area contributed by atoms with Crippen molar-refractivity contribution in [2.24, 2.45) is 5.92 Å². The lowest BCUT2D eigenvalue weighted by Gasteiger charge is -2.40. The number of aromatic nitrogens is 1. The summed E-state index contributed by atoms with van der Waals surface area (Å²) >= 11 is 6.21. The zero-order valence-electron chi connectivity index (χ0n) is 18.3. The molecule has 0 radical (unpaired) electrons.